The number of fused-ring (bicyclic) bond motifs is 1. The summed E-state index contributed by atoms with van der Waals surface area (Å²) < 4.78 is 0. The van der Waals surface area contributed by atoms with E-state index in [1.165, 1.54) is 5.56 Å². The molecule has 4 aliphatic rings. The highest BCUT2D eigenvalue weighted by Gasteiger charge is 2.46. The Hall–Kier alpha value is -1.60. The summed E-state index contributed by atoms with van der Waals surface area (Å²) in [4.78, 5) is 30.5. The summed E-state index contributed by atoms with van der Waals surface area (Å²) in [6.07, 6.45) is 6.28. The fourth-order valence-corrected chi connectivity index (χ4v) is 6.80. The second-order valence-corrected chi connectivity index (χ2v) is 11.5. The maximum atomic E-state index is 12.7. The van der Waals surface area contributed by atoms with Gasteiger partial charge >= 0.3 is 6.03 Å². The second-order valence-electron chi connectivity index (χ2n) is 10.2. The van der Waals surface area contributed by atoms with Gasteiger partial charge in [0.25, 0.3) is 0 Å². The van der Waals surface area contributed by atoms with E-state index in [0.29, 0.717) is 28.9 Å². The summed E-state index contributed by atoms with van der Waals surface area (Å²) in [5.41, 5.74) is 1.28. The van der Waals surface area contributed by atoms with Crippen molar-refractivity contribution in [3.05, 3.63) is 35.9 Å². The molecule has 0 radical (unpaired) electrons. The van der Waals surface area contributed by atoms with Crippen molar-refractivity contribution in [1.29, 1.82) is 0 Å². The van der Waals surface area contributed by atoms with Crippen molar-refractivity contribution in [2.75, 3.05) is 19.6 Å². The fourth-order valence-electron chi connectivity index (χ4n) is 6.13. The van der Waals surface area contributed by atoms with Crippen LogP contribution >= 0.6 is 15.9 Å². The monoisotopic (exact) mass is 502 g/mol. The minimum atomic E-state index is 0.127. The average Bonchev–Trinajstić information content (AvgIpc) is 3.52. The first-order valence-corrected chi connectivity index (χ1v) is 13.2. The zero-order chi connectivity index (χ0) is 22.2. The number of nitrogens with one attached hydrogen (secondary N) is 2. The molecule has 6 atom stereocenters. The predicted octanol–water partition coefficient (Wildman–Crippen LogP) is 3.47. The summed E-state index contributed by atoms with van der Waals surface area (Å²) in [5, 5.41) is 6.47. The number of hydrogen-bond donors (Lipinski definition) is 2. The number of halogens is 1. The van der Waals surface area contributed by atoms with Gasteiger partial charge in [0.2, 0.25) is 5.91 Å². The van der Waals surface area contributed by atoms with Gasteiger partial charge in [-0.05, 0) is 56.9 Å². The van der Waals surface area contributed by atoms with Gasteiger partial charge < -0.3 is 20.4 Å². The molecule has 2 aliphatic heterocycles. The SMILES string of the molecule is C[C@@H](CN1CCC(N2C(=O)NC3CC(Br)CCC32)CC1)NC(=O)[C@@H]1C[C@H]1c1ccccc1. The molecule has 1 aromatic carbocycles. The average molecular weight is 503 g/mol. The van der Waals surface area contributed by atoms with E-state index in [1.807, 2.05) is 18.2 Å². The van der Waals surface area contributed by atoms with Gasteiger partial charge in [0.05, 0.1) is 12.1 Å². The van der Waals surface area contributed by atoms with E-state index in [-0.39, 0.29) is 23.9 Å². The number of piperidine rings is 1. The molecule has 2 N–H and O–H groups in total. The maximum absolute atomic E-state index is 12.7. The van der Waals surface area contributed by atoms with Crippen LogP contribution in [0.15, 0.2) is 30.3 Å². The van der Waals surface area contributed by atoms with E-state index >= 15 is 0 Å². The van der Waals surface area contributed by atoms with Crippen LogP contribution in [0, 0.1) is 5.92 Å². The van der Waals surface area contributed by atoms with E-state index < -0.39 is 0 Å². The van der Waals surface area contributed by atoms with E-state index in [2.05, 4.69) is 55.4 Å². The minimum absolute atomic E-state index is 0.127. The highest BCUT2D eigenvalue weighted by molar-refractivity contribution is 9.09. The first-order valence-electron chi connectivity index (χ1n) is 12.3. The largest absolute Gasteiger partial charge is 0.352 e. The van der Waals surface area contributed by atoms with Crippen LogP contribution in [0.4, 0.5) is 4.79 Å². The zero-order valence-electron chi connectivity index (χ0n) is 18.9. The second kappa shape index (κ2) is 9.34. The van der Waals surface area contributed by atoms with Crippen LogP contribution in [0.2, 0.25) is 0 Å². The summed E-state index contributed by atoms with van der Waals surface area (Å²) in [5.74, 6) is 0.708. The highest BCUT2D eigenvalue weighted by atomic mass is 79.9. The molecule has 1 aromatic rings. The molecule has 2 aliphatic carbocycles. The van der Waals surface area contributed by atoms with Gasteiger partial charge in [-0.2, -0.15) is 0 Å². The van der Waals surface area contributed by atoms with Crippen molar-refractivity contribution in [2.45, 2.75) is 80.4 Å². The molecule has 2 heterocycles. The summed E-state index contributed by atoms with van der Waals surface area (Å²) in [7, 11) is 0. The van der Waals surface area contributed by atoms with Crippen LogP contribution in [-0.4, -0.2) is 70.4 Å². The third-order valence-electron chi connectivity index (χ3n) is 7.88. The van der Waals surface area contributed by atoms with Crippen molar-refractivity contribution in [1.82, 2.24) is 20.4 Å². The molecule has 6 nitrogen and oxygen atoms in total. The van der Waals surface area contributed by atoms with Gasteiger partial charge in [0.15, 0.2) is 0 Å². The van der Waals surface area contributed by atoms with Crippen molar-refractivity contribution in [3.8, 4) is 0 Å². The van der Waals surface area contributed by atoms with Gasteiger partial charge in [-0.1, -0.05) is 46.3 Å². The third kappa shape index (κ3) is 4.69. The Bertz CT molecular complexity index is 828. The fraction of sp³-hybridized carbons (Fsp3) is 0.680. The number of nitrogens with zero attached hydrogens (tertiary/aromatic N) is 2. The number of hydrogen-bond acceptors (Lipinski definition) is 3. The lowest BCUT2D eigenvalue weighted by Gasteiger charge is -2.41. The zero-order valence-corrected chi connectivity index (χ0v) is 20.5. The molecule has 3 amide bonds. The van der Waals surface area contributed by atoms with Crippen LogP contribution in [0.1, 0.15) is 56.9 Å². The smallest absolute Gasteiger partial charge is 0.318 e. The van der Waals surface area contributed by atoms with E-state index in [9.17, 15) is 9.59 Å². The Kier molecular flexibility index (Phi) is 6.48. The molecule has 5 rings (SSSR count). The lowest BCUT2D eigenvalue weighted by molar-refractivity contribution is -0.123. The van der Waals surface area contributed by atoms with Crippen LogP contribution in [-0.2, 0) is 4.79 Å². The summed E-state index contributed by atoms with van der Waals surface area (Å²) >= 11 is 3.73. The molecule has 32 heavy (non-hydrogen) atoms. The van der Waals surface area contributed by atoms with Gasteiger partial charge in [-0.3, -0.25) is 4.79 Å². The van der Waals surface area contributed by atoms with Gasteiger partial charge in [0, 0.05) is 42.5 Å². The Labute approximate surface area is 199 Å². The number of benzene rings is 1. The Balaban J connectivity index is 1.06. The van der Waals surface area contributed by atoms with E-state index in [4.69, 9.17) is 0 Å². The van der Waals surface area contributed by atoms with Crippen LogP contribution in [0.3, 0.4) is 0 Å². The van der Waals surface area contributed by atoms with Gasteiger partial charge in [-0.25, -0.2) is 4.79 Å². The van der Waals surface area contributed by atoms with Gasteiger partial charge in [-0.15, -0.1) is 0 Å². The van der Waals surface area contributed by atoms with Crippen LogP contribution in [0.5, 0.6) is 0 Å². The van der Waals surface area contributed by atoms with Crippen LogP contribution in [0.25, 0.3) is 0 Å². The molecular weight excluding hydrogens is 468 g/mol. The Morgan fingerprint density at radius 2 is 1.91 bits per heavy atom. The number of rotatable bonds is 6. The van der Waals surface area contributed by atoms with Crippen molar-refractivity contribution < 1.29 is 9.59 Å². The number of alkyl halides is 1. The standard InChI is InChI=1S/C25H35BrN4O2/c1-16(27-24(31)21-14-20(21)17-5-3-2-4-6-17)15-29-11-9-19(10-12-29)30-23-8-7-18(26)13-22(23)28-25(30)32/h2-6,16,18-23H,7-15H2,1H3,(H,27,31)(H,28,32)/t16-,18?,20-,21+,22?,23?/m0/s1. The Morgan fingerprint density at radius 1 is 1.16 bits per heavy atom. The molecule has 0 bridgehead atoms. The van der Waals surface area contributed by atoms with Crippen molar-refractivity contribution >= 4 is 27.9 Å². The first-order chi connectivity index (χ1) is 15.5. The van der Waals surface area contributed by atoms with Crippen molar-refractivity contribution in [3.63, 3.8) is 0 Å². The topological polar surface area (TPSA) is 64.7 Å². The maximum Gasteiger partial charge on any atom is 0.318 e. The molecule has 2 saturated carbocycles. The molecule has 7 heteroatoms. The van der Waals surface area contributed by atoms with Crippen LogP contribution < -0.4 is 10.6 Å². The molecule has 0 aromatic heterocycles. The normalized spacial score (nSPS) is 34.0. The number of amides is 3. The minimum Gasteiger partial charge on any atom is -0.352 e. The third-order valence-corrected chi connectivity index (χ3v) is 8.71. The number of likely N-dealkylation sites (tertiary alicyclic amines) is 1. The van der Waals surface area contributed by atoms with E-state index in [0.717, 1.165) is 58.2 Å². The summed E-state index contributed by atoms with van der Waals surface area (Å²) in [6.45, 7) is 4.97. The molecule has 4 fully saturated rings. The first kappa shape index (κ1) is 22.2. The lowest BCUT2D eigenvalue weighted by atomic mass is 9.89. The van der Waals surface area contributed by atoms with Crippen molar-refractivity contribution in [2.24, 2.45) is 5.92 Å². The molecule has 2 saturated heterocycles. The number of carbonyl (C=O) groups is 2. The molecule has 0 spiro atoms. The Morgan fingerprint density at radius 3 is 2.66 bits per heavy atom. The van der Waals surface area contributed by atoms with E-state index in [1.54, 1.807) is 0 Å². The van der Waals surface area contributed by atoms with Gasteiger partial charge in [0.1, 0.15) is 0 Å². The molecule has 3 unspecified atom stereocenters. The highest BCUT2D eigenvalue weighted by Crippen LogP contribution is 2.47. The summed E-state index contributed by atoms with van der Waals surface area (Å²) in [6, 6.07) is 11.7. The number of carbonyl (C=O) groups excluding carboxylic acids is 2. The molecular formula is C25H35BrN4O2. The predicted molar refractivity (Wildman–Crippen MR) is 129 cm³/mol. The quantitative estimate of drug-likeness (QED) is 0.585. The molecule has 174 valence electrons. The lowest BCUT2D eigenvalue weighted by Crippen LogP contribution is -2.52. The number of urea groups is 1.